The molecule has 21 heavy (non-hydrogen) atoms. The largest absolute Gasteiger partial charge is 0.493 e. The van der Waals surface area contributed by atoms with Gasteiger partial charge in [0.25, 0.3) is 0 Å². The van der Waals surface area contributed by atoms with Crippen molar-refractivity contribution in [1.82, 2.24) is 5.32 Å². The Morgan fingerprint density at radius 2 is 2.10 bits per heavy atom. The van der Waals surface area contributed by atoms with Crippen molar-refractivity contribution in [3.05, 3.63) is 22.2 Å². The van der Waals surface area contributed by atoms with Crippen molar-refractivity contribution in [2.45, 2.75) is 33.2 Å². The first-order valence-electron chi connectivity index (χ1n) is 7.46. The van der Waals surface area contributed by atoms with E-state index in [9.17, 15) is 0 Å². The molecule has 0 fully saturated rings. The Morgan fingerprint density at radius 1 is 1.33 bits per heavy atom. The van der Waals surface area contributed by atoms with Crippen LogP contribution in [0.1, 0.15) is 32.3 Å². The van der Waals surface area contributed by atoms with Crippen LogP contribution in [0.5, 0.6) is 11.5 Å². The second-order valence-electron chi connectivity index (χ2n) is 4.96. The van der Waals surface area contributed by atoms with Gasteiger partial charge in [-0.05, 0) is 59.4 Å². The molecule has 0 aliphatic rings. The lowest BCUT2D eigenvalue weighted by atomic mass is 10.0. The number of hydrogen-bond donors (Lipinski definition) is 2. The Morgan fingerprint density at radius 3 is 2.67 bits per heavy atom. The first-order chi connectivity index (χ1) is 10.2. The van der Waals surface area contributed by atoms with Crippen LogP contribution in [0.2, 0.25) is 0 Å². The van der Waals surface area contributed by atoms with Crippen LogP contribution in [0.15, 0.2) is 16.6 Å². The van der Waals surface area contributed by atoms with Gasteiger partial charge in [-0.2, -0.15) is 0 Å². The van der Waals surface area contributed by atoms with Crippen molar-refractivity contribution >= 4 is 15.9 Å². The maximum absolute atomic E-state index is 9.01. The van der Waals surface area contributed by atoms with Gasteiger partial charge in [0.1, 0.15) is 0 Å². The van der Waals surface area contributed by atoms with Gasteiger partial charge in [0.05, 0.1) is 18.2 Å². The molecule has 0 aliphatic heterocycles. The molecule has 0 aromatic heterocycles. The lowest BCUT2D eigenvalue weighted by Crippen LogP contribution is -2.23. The van der Waals surface area contributed by atoms with E-state index >= 15 is 0 Å². The minimum atomic E-state index is 0.253. The smallest absolute Gasteiger partial charge is 0.175 e. The average Bonchev–Trinajstić information content (AvgIpc) is 2.48. The molecule has 1 unspecified atom stereocenters. The summed E-state index contributed by atoms with van der Waals surface area (Å²) in [6.45, 7) is 6.63. The molecule has 2 N–H and O–H groups in total. The van der Waals surface area contributed by atoms with E-state index in [1.165, 1.54) is 0 Å². The maximum Gasteiger partial charge on any atom is 0.175 e. The number of halogens is 1. The summed E-state index contributed by atoms with van der Waals surface area (Å²) in [5, 5.41) is 12.4. The normalized spacial score (nSPS) is 12.2. The van der Waals surface area contributed by atoms with E-state index in [1.54, 1.807) is 7.11 Å². The number of benzene rings is 1. The highest BCUT2D eigenvalue weighted by atomic mass is 79.9. The monoisotopic (exact) mass is 359 g/mol. The molecule has 0 radical (unpaired) electrons. The van der Waals surface area contributed by atoms with E-state index in [4.69, 9.17) is 14.6 Å². The molecule has 0 amide bonds. The fourth-order valence-electron chi connectivity index (χ4n) is 2.21. The van der Waals surface area contributed by atoms with Gasteiger partial charge < -0.3 is 19.9 Å². The van der Waals surface area contributed by atoms with Crippen molar-refractivity contribution in [2.75, 3.05) is 26.9 Å². The van der Waals surface area contributed by atoms with Gasteiger partial charge in [-0.25, -0.2) is 0 Å². The Hall–Kier alpha value is -0.780. The Bertz CT molecular complexity index is 426. The topological polar surface area (TPSA) is 50.7 Å². The SMILES string of the molecule is CCOc1c(Br)cc(CNCC(CC)CCO)cc1OC. The standard InChI is InChI=1S/C16H26BrNO3/c1-4-12(6-7-19)10-18-11-13-8-14(17)16(21-5-2)15(9-13)20-3/h8-9,12,18-19H,4-7,10-11H2,1-3H3. The number of aliphatic hydroxyl groups excluding tert-OH is 1. The first-order valence-corrected chi connectivity index (χ1v) is 8.26. The molecule has 4 nitrogen and oxygen atoms in total. The lowest BCUT2D eigenvalue weighted by molar-refractivity contribution is 0.251. The second-order valence-corrected chi connectivity index (χ2v) is 5.81. The molecule has 1 aromatic carbocycles. The zero-order valence-electron chi connectivity index (χ0n) is 13.1. The molecular formula is C16H26BrNO3. The third-order valence-electron chi connectivity index (χ3n) is 3.45. The van der Waals surface area contributed by atoms with Crippen molar-refractivity contribution in [2.24, 2.45) is 5.92 Å². The van der Waals surface area contributed by atoms with Gasteiger partial charge in [-0.1, -0.05) is 13.3 Å². The number of rotatable bonds is 10. The predicted molar refractivity (Wildman–Crippen MR) is 89.1 cm³/mol. The van der Waals surface area contributed by atoms with E-state index in [0.717, 1.165) is 47.5 Å². The fourth-order valence-corrected chi connectivity index (χ4v) is 2.82. The maximum atomic E-state index is 9.01. The van der Waals surface area contributed by atoms with Crippen LogP contribution in [0.3, 0.4) is 0 Å². The van der Waals surface area contributed by atoms with Crippen molar-refractivity contribution < 1.29 is 14.6 Å². The van der Waals surface area contributed by atoms with Gasteiger partial charge in [0.15, 0.2) is 11.5 Å². The summed E-state index contributed by atoms with van der Waals surface area (Å²) in [6.07, 6.45) is 1.92. The Labute approximate surface area is 136 Å². The van der Waals surface area contributed by atoms with Crippen LogP contribution in [-0.4, -0.2) is 32.0 Å². The molecule has 0 spiro atoms. The van der Waals surface area contributed by atoms with Crippen LogP contribution in [0, 0.1) is 5.92 Å². The number of methoxy groups -OCH3 is 1. The number of nitrogens with one attached hydrogen (secondary N) is 1. The number of aliphatic hydroxyl groups is 1. The molecule has 0 saturated carbocycles. The van der Waals surface area contributed by atoms with E-state index < -0.39 is 0 Å². The summed E-state index contributed by atoms with van der Waals surface area (Å²) in [7, 11) is 1.65. The van der Waals surface area contributed by atoms with Crippen LogP contribution in [-0.2, 0) is 6.54 Å². The molecule has 1 aromatic rings. The molecule has 0 heterocycles. The van der Waals surface area contributed by atoms with Crippen molar-refractivity contribution in [3.63, 3.8) is 0 Å². The molecule has 1 rings (SSSR count). The zero-order valence-corrected chi connectivity index (χ0v) is 14.7. The van der Waals surface area contributed by atoms with Crippen LogP contribution in [0.4, 0.5) is 0 Å². The molecule has 1 atom stereocenters. The number of ether oxygens (including phenoxy) is 2. The zero-order chi connectivity index (χ0) is 15.7. The van der Waals surface area contributed by atoms with Crippen molar-refractivity contribution in [3.8, 4) is 11.5 Å². The minimum Gasteiger partial charge on any atom is -0.493 e. The van der Waals surface area contributed by atoms with Gasteiger partial charge in [-0.15, -0.1) is 0 Å². The van der Waals surface area contributed by atoms with E-state index in [2.05, 4.69) is 28.2 Å². The molecule has 0 saturated heterocycles. The molecule has 120 valence electrons. The molecular weight excluding hydrogens is 334 g/mol. The quantitative estimate of drug-likeness (QED) is 0.672. The summed E-state index contributed by atoms with van der Waals surface area (Å²) in [5.74, 6) is 2.00. The summed E-state index contributed by atoms with van der Waals surface area (Å²) in [6, 6.07) is 4.04. The van der Waals surface area contributed by atoms with Crippen LogP contribution >= 0.6 is 15.9 Å². The third-order valence-corrected chi connectivity index (χ3v) is 4.04. The summed E-state index contributed by atoms with van der Waals surface area (Å²) < 4.78 is 11.9. The van der Waals surface area contributed by atoms with Gasteiger partial charge in [0.2, 0.25) is 0 Å². The van der Waals surface area contributed by atoms with Gasteiger partial charge in [0, 0.05) is 13.2 Å². The van der Waals surface area contributed by atoms with Crippen molar-refractivity contribution in [1.29, 1.82) is 0 Å². The number of hydrogen-bond acceptors (Lipinski definition) is 4. The average molecular weight is 360 g/mol. The lowest BCUT2D eigenvalue weighted by Gasteiger charge is -2.16. The summed E-state index contributed by atoms with van der Waals surface area (Å²) in [5.41, 5.74) is 1.14. The Balaban J connectivity index is 2.65. The highest BCUT2D eigenvalue weighted by molar-refractivity contribution is 9.10. The van der Waals surface area contributed by atoms with Crippen LogP contribution in [0.25, 0.3) is 0 Å². The second kappa shape index (κ2) is 10.0. The van der Waals surface area contributed by atoms with Gasteiger partial charge in [-0.3, -0.25) is 0 Å². The summed E-state index contributed by atoms with van der Waals surface area (Å²) >= 11 is 3.53. The molecule has 0 bridgehead atoms. The van der Waals surface area contributed by atoms with Crippen LogP contribution < -0.4 is 14.8 Å². The van der Waals surface area contributed by atoms with Gasteiger partial charge >= 0.3 is 0 Å². The third kappa shape index (κ3) is 5.85. The van der Waals surface area contributed by atoms with E-state index in [-0.39, 0.29) is 6.61 Å². The van der Waals surface area contributed by atoms with E-state index in [1.807, 2.05) is 19.1 Å². The Kier molecular flexibility index (Phi) is 8.73. The summed E-state index contributed by atoms with van der Waals surface area (Å²) in [4.78, 5) is 0. The molecule has 5 heteroatoms. The fraction of sp³-hybridized carbons (Fsp3) is 0.625. The highest BCUT2D eigenvalue weighted by Crippen LogP contribution is 2.36. The predicted octanol–water partition coefficient (Wildman–Crippen LogP) is 3.35. The highest BCUT2D eigenvalue weighted by Gasteiger charge is 2.11. The minimum absolute atomic E-state index is 0.253. The van der Waals surface area contributed by atoms with E-state index in [0.29, 0.717) is 12.5 Å². The molecule has 0 aliphatic carbocycles. The first kappa shape index (κ1) is 18.3.